The summed E-state index contributed by atoms with van der Waals surface area (Å²) in [4.78, 5) is 23.7. The van der Waals surface area contributed by atoms with Crippen molar-refractivity contribution in [1.29, 1.82) is 0 Å². The summed E-state index contributed by atoms with van der Waals surface area (Å²) in [6.07, 6.45) is 0.977. The monoisotopic (exact) mass is 384 g/mol. The average molecular weight is 384 g/mol. The molecular weight excluding hydrogens is 356 g/mol. The number of hydrogen-bond donors (Lipinski definition) is 2. The number of rotatable bonds is 10. The van der Waals surface area contributed by atoms with Crippen molar-refractivity contribution in [1.82, 2.24) is 0 Å². The Balaban J connectivity index is 1.68. The van der Waals surface area contributed by atoms with Crippen molar-refractivity contribution in [2.45, 2.75) is 33.6 Å². The fraction of sp³-hybridized carbons (Fsp3) is 0.364. The number of nitrogens with one attached hydrogen (secondary N) is 2. The Morgan fingerprint density at radius 3 is 1.93 bits per heavy atom. The van der Waals surface area contributed by atoms with Gasteiger partial charge in [-0.15, -0.1) is 0 Å². The molecule has 0 saturated heterocycles. The summed E-state index contributed by atoms with van der Waals surface area (Å²) in [5, 5.41) is 5.66. The van der Waals surface area contributed by atoms with Crippen LogP contribution in [-0.2, 0) is 9.59 Å². The molecule has 6 nitrogen and oxygen atoms in total. The Kier molecular flexibility index (Phi) is 8.34. The maximum Gasteiger partial charge on any atom is 0.226 e. The Labute approximate surface area is 166 Å². The number of hydrogen-bond acceptors (Lipinski definition) is 4. The van der Waals surface area contributed by atoms with Gasteiger partial charge >= 0.3 is 0 Å². The lowest BCUT2D eigenvalue weighted by Gasteiger charge is -2.10. The van der Waals surface area contributed by atoms with E-state index in [1.807, 2.05) is 45.0 Å². The molecule has 0 aliphatic carbocycles. The quantitative estimate of drug-likeness (QED) is 0.592. The molecule has 0 aromatic heterocycles. The van der Waals surface area contributed by atoms with E-state index in [0.29, 0.717) is 37.4 Å². The highest BCUT2D eigenvalue weighted by Crippen LogP contribution is 2.18. The molecule has 150 valence electrons. The number of amides is 2. The predicted octanol–water partition coefficient (Wildman–Crippen LogP) is 4.48. The lowest BCUT2D eigenvalue weighted by atomic mass is 10.2. The summed E-state index contributed by atoms with van der Waals surface area (Å²) in [5.41, 5.74) is 1.40. The van der Waals surface area contributed by atoms with Crippen LogP contribution < -0.4 is 20.1 Å². The van der Waals surface area contributed by atoms with E-state index in [0.717, 1.165) is 11.5 Å². The van der Waals surface area contributed by atoms with Gasteiger partial charge in [-0.3, -0.25) is 9.59 Å². The van der Waals surface area contributed by atoms with Crippen molar-refractivity contribution in [2.75, 3.05) is 23.8 Å². The maximum absolute atomic E-state index is 12.0. The summed E-state index contributed by atoms with van der Waals surface area (Å²) < 4.78 is 11.0. The summed E-state index contributed by atoms with van der Waals surface area (Å²) in [7, 11) is 0. The van der Waals surface area contributed by atoms with Crippen LogP contribution in [0.1, 0.15) is 33.6 Å². The highest BCUT2D eigenvalue weighted by Gasteiger charge is 2.07. The van der Waals surface area contributed by atoms with E-state index in [2.05, 4.69) is 10.6 Å². The van der Waals surface area contributed by atoms with E-state index >= 15 is 0 Å². The second kappa shape index (κ2) is 11.0. The first-order valence-electron chi connectivity index (χ1n) is 9.54. The molecule has 0 aliphatic rings. The molecule has 2 N–H and O–H groups in total. The van der Waals surface area contributed by atoms with Crippen LogP contribution in [0.15, 0.2) is 48.5 Å². The van der Waals surface area contributed by atoms with Crippen LogP contribution >= 0.6 is 0 Å². The van der Waals surface area contributed by atoms with E-state index < -0.39 is 0 Å². The van der Waals surface area contributed by atoms with Gasteiger partial charge in [0.25, 0.3) is 0 Å². The molecule has 2 rings (SSSR count). The van der Waals surface area contributed by atoms with Gasteiger partial charge in [-0.1, -0.05) is 13.8 Å². The first-order valence-corrected chi connectivity index (χ1v) is 9.54. The summed E-state index contributed by atoms with van der Waals surface area (Å²) in [6, 6.07) is 14.5. The van der Waals surface area contributed by atoms with Crippen molar-refractivity contribution < 1.29 is 19.1 Å². The third-order valence-electron chi connectivity index (χ3n) is 3.91. The minimum Gasteiger partial charge on any atom is -0.494 e. The Morgan fingerprint density at radius 2 is 1.39 bits per heavy atom. The fourth-order valence-corrected chi connectivity index (χ4v) is 2.37. The molecule has 28 heavy (non-hydrogen) atoms. The smallest absolute Gasteiger partial charge is 0.226 e. The largest absolute Gasteiger partial charge is 0.494 e. The number of ether oxygens (including phenoxy) is 2. The number of benzene rings is 2. The molecule has 2 aromatic carbocycles. The first-order chi connectivity index (χ1) is 13.5. The van der Waals surface area contributed by atoms with Gasteiger partial charge in [0.1, 0.15) is 11.5 Å². The van der Waals surface area contributed by atoms with E-state index in [1.54, 1.807) is 24.3 Å². The second-order valence-corrected chi connectivity index (χ2v) is 6.63. The summed E-state index contributed by atoms with van der Waals surface area (Å²) in [5.74, 6) is 1.37. The minimum atomic E-state index is -0.0794. The number of carbonyl (C=O) groups is 2. The molecule has 0 aliphatic heterocycles. The van der Waals surface area contributed by atoms with Crippen LogP contribution in [0, 0.1) is 5.92 Å². The van der Waals surface area contributed by atoms with Crippen molar-refractivity contribution in [3.63, 3.8) is 0 Å². The average Bonchev–Trinajstić information content (AvgIpc) is 2.68. The molecule has 0 fully saturated rings. The highest BCUT2D eigenvalue weighted by molar-refractivity contribution is 5.93. The van der Waals surface area contributed by atoms with Crippen molar-refractivity contribution >= 4 is 23.2 Å². The van der Waals surface area contributed by atoms with E-state index in [1.165, 1.54) is 0 Å². The number of anilines is 2. The fourth-order valence-electron chi connectivity index (χ4n) is 2.37. The standard InChI is InChI=1S/C22H28N2O4/c1-4-27-19-11-13-20(14-12-19)28-15-5-6-21(25)23-17-7-9-18(10-8-17)24-22(26)16(2)3/h7-14,16H,4-6,15H2,1-3H3,(H,23,25)(H,24,26). The summed E-state index contributed by atoms with van der Waals surface area (Å²) in [6.45, 7) is 6.70. The number of carbonyl (C=O) groups excluding carboxylic acids is 2. The SMILES string of the molecule is CCOc1ccc(OCCCC(=O)Nc2ccc(NC(=O)C(C)C)cc2)cc1. The van der Waals surface area contributed by atoms with Gasteiger partial charge in [0.15, 0.2) is 0 Å². The zero-order valence-corrected chi connectivity index (χ0v) is 16.7. The molecule has 6 heteroatoms. The van der Waals surface area contributed by atoms with Crippen molar-refractivity contribution in [2.24, 2.45) is 5.92 Å². The topological polar surface area (TPSA) is 76.7 Å². The van der Waals surface area contributed by atoms with Gasteiger partial charge in [-0.05, 0) is 61.9 Å². The lowest BCUT2D eigenvalue weighted by molar-refractivity contribution is -0.119. The zero-order chi connectivity index (χ0) is 20.4. The van der Waals surface area contributed by atoms with Gasteiger partial charge < -0.3 is 20.1 Å². The van der Waals surface area contributed by atoms with Gasteiger partial charge in [-0.2, -0.15) is 0 Å². The van der Waals surface area contributed by atoms with Crippen molar-refractivity contribution in [3.05, 3.63) is 48.5 Å². The molecule has 2 aromatic rings. The molecule has 0 spiro atoms. The van der Waals surface area contributed by atoms with Gasteiger partial charge in [0.05, 0.1) is 13.2 Å². The van der Waals surface area contributed by atoms with Gasteiger partial charge in [0.2, 0.25) is 11.8 Å². The Morgan fingerprint density at radius 1 is 0.857 bits per heavy atom. The van der Waals surface area contributed by atoms with Gasteiger partial charge in [-0.25, -0.2) is 0 Å². The third-order valence-corrected chi connectivity index (χ3v) is 3.91. The van der Waals surface area contributed by atoms with E-state index in [-0.39, 0.29) is 17.7 Å². The van der Waals surface area contributed by atoms with E-state index in [9.17, 15) is 9.59 Å². The molecule has 0 bridgehead atoms. The first kappa shape index (κ1) is 21.3. The van der Waals surface area contributed by atoms with Crippen molar-refractivity contribution in [3.8, 4) is 11.5 Å². The maximum atomic E-state index is 12.0. The molecule has 0 heterocycles. The van der Waals surface area contributed by atoms with Crippen LogP contribution in [-0.4, -0.2) is 25.0 Å². The van der Waals surface area contributed by atoms with Crippen LogP contribution in [0.2, 0.25) is 0 Å². The lowest BCUT2D eigenvalue weighted by Crippen LogP contribution is -2.17. The highest BCUT2D eigenvalue weighted by atomic mass is 16.5. The third kappa shape index (κ3) is 7.31. The van der Waals surface area contributed by atoms with Crippen LogP contribution in [0.3, 0.4) is 0 Å². The molecule has 0 atom stereocenters. The predicted molar refractivity (Wildman–Crippen MR) is 111 cm³/mol. The van der Waals surface area contributed by atoms with Crippen LogP contribution in [0.25, 0.3) is 0 Å². The second-order valence-electron chi connectivity index (χ2n) is 6.63. The van der Waals surface area contributed by atoms with Crippen LogP contribution in [0.5, 0.6) is 11.5 Å². The molecule has 0 unspecified atom stereocenters. The molecule has 0 radical (unpaired) electrons. The summed E-state index contributed by atoms with van der Waals surface area (Å²) >= 11 is 0. The molecule has 2 amide bonds. The Hall–Kier alpha value is -3.02. The molecular formula is C22H28N2O4. The van der Waals surface area contributed by atoms with Crippen LogP contribution in [0.4, 0.5) is 11.4 Å². The van der Waals surface area contributed by atoms with E-state index in [4.69, 9.17) is 9.47 Å². The Bertz CT molecular complexity index is 755. The molecule has 0 saturated carbocycles. The zero-order valence-electron chi connectivity index (χ0n) is 16.7. The van der Waals surface area contributed by atoms with Gasteiger partial charge in [0, 0.05) is 23.7 Å². The normalized spacial score (nSPS) is 10.4. The minimum absolute atomic E-state index is 0.0377.